The van der Waals surface area contributed by atoms with Crippen molar-refractivity contribution in [3.63, 3.8) is 0 Å². The molecule has 1 aromatic carbocycles. The number of rotatable bonds is 5. The molecule has 1 amide bonds. The van der Waals surface area contributed by atoms with Crippen molar-refractivity contribution in [2.24, 2.45) is 0 Å². The van der Waals surface area contributed by atoms with E-state index in [4.69, 9.17) is 0 Å². The Bertz CT molecular complexity index is 887. The summed E-state index contributed by atoms with van der Waals surface area (Å²) in [6.45, 7) is 4.21. The first kappa shape index (κ1) is 17.0. The average Bonchev–Trinajstić information content (AvgIpc) is 3.36. The van der Waals surface area contributed by atoms with Gasteiger partial charge in [0.25, 0.3) is 0 Å². The van der Waals surface area contributed by atoms with E-state index in [1.165, 1.54) is 11.1 Å². The van der Waals surface area contributed by atoms with Crippen LogP contribution < -0.4 is 5.32 Å². The Kier molecular flexibility index (Phi) is 4.86. The standard InChI is InChI=1S/C20H22N4OS/c1-14(24-9-8-15-5-2-3-6-16(15)13-24)20(25)21-11-17-12-22-23-19(17)18-7-4-10-26-18/h2-7,10,12,14H,8-9,11,13H2,1H3,(H,21,25)(H,22,23)/t14-/m0/s1. The zero-order valence-corrected chi connectivity index (χ0v) is 15.6. The number of thiophene rings is 1. The Morgan fingerprint density at radius 1 is 1.31 bits per heavy atom. The Hall–Kier alpha value is -2.44. The van der Waals surface area contributed by atoms with Crippen molar-refractivity contribution >= 4 is 17.2 Å². The van der Waals surface area contributed by atoms with Crippen LogP contribution in [-0.4, -0.2) is 33.6 Å². The lowest BCUT2D eigenvalue weighted by molar-refractivity contribution is -0.126. The van der Waals surface area contributed by atoms with Gasteiger partial charge in [0, 0.05) is 25.2 Å². The summed E-state index contributed by atoms with van der Waals surface area (Å²) < 4.78 is 0. The van der Waals surface area contributed by atoms with Gasteiger partial charge in [-0.25, -0.2) is 0 Å². The Labute approximate surface area is 157 Å². The summed E-state index contributed by atoms with van der Waals surface area (Å²) in [5.41, 5.74) is 4.72. The predicted octanol–water partition coefficient (Wildman–Crippen LogP) is 3.20. The van der Waals surface area contributed by atoms with E-state index in [0.717, 1.165) is 35.6 Å². The first-order valence-electron chi connectivity index (χ1n) is 8.87. The van der Waals surface area contributed by atoms with Gasteiger partial charge in [-0.15, -0.1) is 11.3 Å². The van der Waals surface area contributed by atoms with Crippen LogP contribution in [0.4, 0.5) is 0 Å². The van der Waals surface area contributed by atoms with Crippen molar-refractivity contribution in [1.29, 1.82) is 0 Å². The van der Waals surface area contributed by atoms with E-state index in [2.05, 4.69) is 50.7 Å². The fraction of sp³-hybridized carbons (Fsp3) is 0.300. The minimum Gasteiger partial charge on any atom is -0.351 e. The van der Waals surface area contributed by atoms with Gasteiger partial charge in [-0.2, -0.15) is 5.10 Å². The lowest BCUT2D eigenvalue weighted by atomic mass is 9.99. The Morgan fingerprint density at radius 2 is 2.15 bits per heavy atom. The van der Waals surface area contributed by atoms with Crippen LogP contribution in [0.25, 0.3) is 10.6 Å². The highest BCUT2D eigenvalue weighted by molar-refractivity contribution is 7.13. The maximum Gasteiger partial charge on any atom is 0.237 e. The summed E-state index contributed by atoms with van der Waals surface area (Å²) >= 11 is 1.66. The molecule has 4 rings (SSSR count). The Morgan fingerprint density at radius 3 is 2.96 bits per heavy atom. The van der Waals surface area contributed by atoms with Crippen LogP contribution in [0, 0.1) is 0 Å². The number of amides is 1. The fourth-order valence-corrected chi connectivity index (χ4v) is 4.18. The molecule has 0 unspecified atom stereocenters. The zero-order chi connectivity index (χ0) is 17.9. The lowest BCUT2D eigenvalue weighted by Crippen LogP contribution is -2.46. The number of nitrogens with one attached hydrogen (secondary N) is 2. The van der Waals surface area contributed by atoms with E-state index in [0.29, 0.717) is 6.54 Å². The second kappa shape index (κ2) is 7.43. The normalized spacial score (nSPS) is 15.4. The molecule has 0 aliphatic carbocycles. The molecule has 1 aliphatic rings. The molecule has 6 heteroatoms. The van der Waals surface area contributed by atoms with Crippen LogP contribution in [0.2, 0.25) is 0 Å². The number of aromatic amines is 1. The van der Waals surface area contributed by atoms with Crippen LogP contribution in [-0.2, 0) is 24.3 Å². The maximum absolute atomic E-state index is 12.7. The van der Waals surface area contributed by atoms with E-state index in [-0.39, 0.29) is 11.9 Å². The van der Waals surface area contributed by atoms with Crippen molar-refractivity contribution in [2.45, 2.75) is 32.5 Å². The van der Waals surface area contributed by atoms with Gasteiger partial charge in [-0.1, -0.05) is 30.3 Å². The summed E-state index contributed by atoms with van der Waals surface area (Å²) in [6, 6.07) is 12.4. The van der Waals surface area contributed by atoms with Gasteiger partial charge in [-0.05, 0) is 35.9 Å². The highest BCUT2D eigenvalue weighted by Crippen LogP contribution is 2.26. The number of carbonyl (C=O) groups is 1. The summed E-state index contributed by atoms with van der Waals surface area (Å²) in [7, 11) is 0. The second-order valence-electron chi connectivity index (χ2n) is 6.63. The molecule has 26 heavy (non-hydrogen) atoms. The molecule has 2 aromatic heterocycles. The third-order valence-electron chi connectivity index (χ3n) is 5.03. The summed E-state index contributed by atoms with van der Waals surface area (Å²) in [5.74, 6) is 0.0581. The largest absolute Gasteiger partial charge is 0.351 e. The van der Waals surface area contributed by atoms with Crippen LogP contribution in [0.5, 0.6) is 0 Å². The second-order valence-corrected chi connectivity index (χ2v) is 7.58. The van der Waals surface area contributed by atoms with Gasteiger partial charge in [0.1, 0.15) is 0 Å². The third kappa shape index (κ3) is 3.43. The molecule has 0 fully saturated rings. The third-order valence-corrected chi connectivity index (χ3v) is 5.91. The predicted molar refractivity (Wildman–Crippen MR) is 104 cm³/mol. The first-order valence-corrected chi connectivity index (χ1v) is 9.75. The van der Waals surface area contributed by atoms with Crippen molar-refractivity contribution in [1.82, 2.24) is 20.4 Å². The van der Waals surface area contributed by atoms with Crippen LogP contribution in [0.15, 0.2) is 48.0 Å². The highest BCUT2D eigenvalue weighted by atomic mass is 32.1. The number of nitrogens with zero attached hydrogens (tertiary/aromatic N) is 2. The van der Waals surface area contributed by atoms with E-state index in [1.807, 2.05) is 18.4 Å². The highest BCUT2D eigenvalue weighted by Gasteiger charge is 2.25. The molecule has 3 aromatic rings. The average molecular weight is 366 g/mol. The number of H-pyrrole nitrogens is 1. The van der Waals surface area contributed by atoms with Gasteiger partial charge in [0.15, 0.2) is 0 Å². The Balaban J connectivity index is 1.38. The number of hydrogen-bond donors (Lipinski definition) is 2. The minimum atomic E-state index is -0.152. The molecule has 0 spiro atoms. The zero-order valence-electron chi connectivity index (χ0n) is 14.7. The quantitative estimate of drug-likeness (QED) is 0.729. The van der Waals surface area contributed by atoms with Crippen molar-refractivity contribution in [2.75, 3.05) is 6.54 Å². The van der Waals surface area contributed by atoms with E-state index in [1.54, 1.807) is 17.5 Å². The van der Waals surface area contributed by atoms with Crippen LogP contribution >= 0.6 is 11.3 Å². The van der Waals surface area contributed by atoms with Crippen molar-refractivity contribution in [3.8, 4) is 10.6 Å². The summed E-state index contributed by atoms with van der Waals surface area (Å²) in [4.78, 5) is 16.0. The van der Waals surface area contributed by atoms with Crippen LogP contribution in [0.3, 0.4) is 0 Å². The number of fused-ring (bicyclic) bond motifs is 1. The van der Waals surface area contributed by atoms with Gasteiger partial charge < -0.3 is 5.32 Å². The number of hydrogen-bond acceptors (Lipinski definition) is 4. The molecule has 3 heterocycles. The van der Waals surface area contributed by atoms with E-state index < -0.39 is 0 Å². The van der Waals surface area contributed by atoms with E-state index in [9.17, 15) is 4.79 Å². The molecule has 0 bridgehead atoms. The molecule has 1 aliphatic heterocycles. The minimum absolute atomic E-state index is 0.0581. The van der Waals surface area contributed by atoms with Crippen molar-refractivity contribution < 1.29 is 4.79 Å². The van der Waals surface area contributed by atoms with Gasteiger partial charge in [0.2, 0.25) is 5.91 Å². The number of aromatic nitrogens is 2. The molecule has 0 saturated heterocycles. The number of carbonyl (C=O) groups excluding carboxylic acids is 1. The van der Waals surface area contributed by atoms with Gasteiger partial charge >= 0.3 is 0 Å². The van der Waals surface area contributed by atoms with Crippen molar-refractivity contribution in [3.05, 3.63) is 64.7 Å². The first-order chi connectivity index (χ1) is 12.7. The van der Waals surface area contributed by atoms with Crippen LogP contribution in [0.1, 0.15) is 23.6 Å². The number of benzene rings is 1. The molecule has 2 N–H and O–H groups in total. The topological polar surface area (TPSA) is 61.0 Å². The maximum atomic E-state index is 12.7. The molecule has 0 saturated carbocycles. The molecule has 0 radical (unpaired) electrons. The summed E-state index contributed by atoms with van der Waals surface area (Å²) in [5, 5.41) is 12.3. The molecular weight excluding hydrogens is 344 g/mol. The SMILES string of the molecule is C[C@@H](C(=O)NCc1cn[nH]c1-c1cccs1)N1CCc2ccccc2C1. The lowest BCUT2D eigenvalue weighted by Gasteiger charge is -2.32. The van der Waals surface area contributed by atoms with Gasteiger partial charge in [0.05, 0.1) is 22.8 Å². The molecule has 1 atom stereocenters. The van der Waals surface area contributed by atoms with E-state index >= 15 is 0 Å². The molecule has 134 valence electrons. The van der Waals surface area contributed by atoms with Gasteiger partial charge in [-0.3, -0.25) is 14.8 Å². The molecular formula is C20H22N4OS. The monoisotopic (exact) mass is 366 g/mol. The smallest absolute Gasteiger partial charge is 0.237 e. The molecule has 5 nitrogen and oxygen atoms in total. The fourth-order valence-electron chi connectivity index (χ4n) is 3.42. The summed E-state index contributed by atoms with van der Waals surface area (Å²) in [6.07, 6.45) is 2.79.